The Morgan fingerprint density at radius 2 is 0.591 bits per heavy atom. The van der Waals surface area contributed by atoms with Crippen LogP contribution in [0.25, 0.3) is 0 Å². The topological polar surface area (TPSA) is 67.4 Å². The molecule has 1 aromatic carbocycles. The Morgan fingerprint density at radius 3 is 0.894 bits per heavy atom. The van der Waals surface area contributed by atoms with E-state index in [2.05, 4.69) is 31.4 Å². The maximum Gasteiger partial charge on any atom is 0.255 e. The number of benzene rings is 1. The standard InChI is InChI=1S/C61H114N2O3/c1-4-7-10-13-15-17-19-21-23-25-27-29-31-33-35-37-39-41-43-45-48-53-62-60(64)57-51-52-58(59(56-57)66-55-50-47-12-9-6-3)61(65)63-54-49-46-44-42-40-38-36-34-32-30-28-26-24-22-20-18-16-14-11-8-5-2/h51-52,56H,4-50,53-55H2,1-3H3,(H,62,64)(H,63,65). The summed E-state index contributed by atoms with van der Waals surface area (Å²) in [6.07, 6.45) is 63.4. The van der Waals surface area contributed by atoms with Crippen LogP contribution in [-0.2, 0) is 0 Å². The summed E-state index contributed by atoms with van der Waals surface area (Å²) in [7, 11) is 0. The molecule has 0 aliphatic heterocycles. The lowest BCUT2D eigenvalue weighted by atomic mass is 10.0. The summed E-state index contributed by atoms with van der Waals surface area (Å²) in [6.45, 7) is 8.75. The molecule has 0 fully saturated rings. The molecule has 2 N–H and O–H groups in total. The second-order valence-corrected chi connectivity index (χ2v) is 20.6. The molecule has 1 aromatic rings. The minimum atomic E-state index is -0.101. The number of amides is 2. The van der Waals surface area contributed by atoms with Crippen molar-refractivity contribution in [3.05, 3.63) is 29.3 Å². The minimum absolute atomic E-state index is 0.0810. The molecule has 2 amide bonds. The number of ether oxygens (including phenoxy) is 1. The van der Waals surface area contributed by atoms with E-state index >= 15 is 0 Å². The minimum Gasteiger partial charge on any atom is -0.493 e. The zero-order valence-electron chi connectivity index (χ0n) is 44.8. The van der Waals surface area contributed by atoms with Crippen LogP contribution in [0.5, 0.6) is 5.75 Å². The largest absolute Gasteiger partial charge is 0.493 e. The molecule has 386 valence electrons. The molecule has 0 heterocycles. The summed E-state index contributed by atoms with van der Waals surface area (Å²) in [4.78, 5) is 26.5. The van der Waals surface area contributed by atoms with Crippen molar-refractivity contribution >= 4 is 11.8 Å². The van der Waals surface area contributed by atoms with Crippen LogP contribution in [0.15, 0.2) is 18.2 Å². The molecule has 0 bridgehead atoms. The number of hydrogen-bond donors (Lipinski definition) is 2. The normalized spacial score (nSPS) is 11.4. The van der Waals surface area contributed by atoms with Crippen molar-refractivity contribution in [3.63, 3.8) is 0 Å². The Morgan fingerprint density at radius 1 is 0.333 bits per heavy atom. The molecule has 0 atom stereocenters. The lowest BCUT2D eigenvalue weighted by Crippen LogP contribution is -2.26. The van der Waals surface area contributed by atoms with Crippen LogP contribution in [0.2, 0.25) is 0 Å². The first kappa shape index (κ1) is 62.0. The highest BCUT2D eigenvalue weighted by Gasteiger charge is 2.16. The van der Waals surface area contributed by atoms with Gasteiger partial charge in [-0.1, -0.05) is 303 Å². The summed E-state index contributed by atoms with van der Waals surface area (Å²) in [6, 6.07) is 5.36. The molecule has 0 radical (unpaired) electrons. The summed E-state index contributed by atoms with van der Waals surface area (Å²) in [5.41, 5.74) is 1.10. The predicted molar refractivity (Wildman–Crippen MR) is 291 cm³/mol. The summed E-state index contributed by atoms with van der Waals surface area (Å²) in [5.74, 6) is 0.349. The Hall–Kier alpha value is -2.04. The van der Waals surface area contributed by atoms with E-state index in [0.717, 1.165) is 38.5 Å². The molecule has 1 rings (SSSR count). The highest BCUT2D eigenvalue weighted by molar-refractivity contribution is 6.00. The fourth-order valence-electron chi connectivity index (χ4n) is 9.57. The fourth-order valence-corrected chi connectivity index (χ4v) is 9.57. The molecule has 0 aromatic heterocycles. The van der Waals surface area contributed by atoms with Crippen molar-refractivity contribution in [1.29, 1.82) is 0 Å². The first-order valence-corrected chi connectivity index (χ1v) is 30.0. The molecular weight excluding hydrogens is 809 g/mol. The van der Waals surface area contributed by atoms with Crippen LogP contribution < -0.4 is 15.4 Å². The fraction of sp³-hybridized carbons (Fsp3) is 0.869. The van der Waals surface area contributed by atoms with E-state index in [1.54, 1.807) is 18.2 Å². The Bertz CT molecular complexity index is 1170. The summed E-state index contributed by atoms with van der Waals surface area (Å²) in [5, 5.41) is 6.26. The predicted octanol–water partition coefficient (Wildman–Crippen LogP) is 19.9. The molecule has 0 saturated heterocycles. The van der Waals surface area contributed by atoms with Crippen molar-refractivity contribution in [3.8, 4) is 5.75 Å². The van der Waals surface area contributed by atoms with Gasteiger partial charge in [-0.2, -0.15) is 0 Å². The number of carbonyl (C=O) groups excluding carboxylic acids is 2. The van der Waals surface area contributed by atoms with E-state index in [9.17, 15) is 9.59 Å². The molecule has 0 aliphatic rings. The zero-order valence-corrected chi connectivity index (χ0v) is 44.8. The van der Waals surface area contributed by atoms with Gasteiger partial charge in [-0.25, -0.2) is 0 Å². The lowest BCUT2D eigenvalue weighted by Gasteiger charge is -2.14. The van der Waals surface area contributed by atoms with Crippen LogP contribution >= 0.6 is 0 Å². The highest BCUT2D eigenvalue weighted by atomic mass is 16.5. The summed E-state index contributed by atoms with van der Waals surface area (Å²) < 4.78 is 6.19. The number of hydrogen-bond acceptors (Lipinski definition) is 3. The van der Waals surface area contributed by atoms with Gasteiger partial charge in [0, 0.05) is 18.7 Å². The number of rotatable bonds is 53. The van der Waals surface area contributed by atoms with Gasteiger partial charge in [-0.15, -0.1) is 0 Å². The average Bonchev–Trinajstić information content (AvgIpc) is 3.33. The van der Waals surface area contributed by atoms with Gasteiger partial charge in [0.1, 0.15) is 5.75 Å². The molecule has 0 saturated carbocycles. The van der Waals surface area contributed by atoms with Crippen molar-refractivity contribution in [2.24, 2.45) is 0 Å². The van der Waals surface area contributed by atoms with E-state index < -0.39 is 0 Å². The first-order valence-electron chi connectivity index (χ1n) is 30.0. The van der Waals surface area contributed by atoms with Gasteiger partial charge < -0.3 is 15.4 Å². The third kappa shape index (κ3) is 41.0. The summed E-state index contributed by atoms with van der Waals surface area (Å²) >= 11 is 0. The second kappa shape index (κ2) is 50.8. The van der Waals surface area contributed by atoms with Crippen LogP contribution in [0, 0.1) is 0 Å². The Labute approximate surface area is 412 Å². The van der Waals surface area contributed by atoms with Gasteiger partial charge in [-0.05, 0) is 37.5 Å². The van der Waals surface area contributed by atoms with Crippen molar-refractivity contribution in [2.75, 3.05) is 19.7 Å². The lowest BCUT2D eigenvalue weighted by molar-refractivity contribution is 0.0937. The van der Waals surface area contributed by atoms with E-state index in [4.69, 9.17) is 4.74 Å². The Balaban J connectivity index is 2.15. The van der Waals surface area contributed by atoms with Gasteiger partial charge in [0.2, 0.25) is 0 Å². The van der Waals surface area contributed by atoms with Crippen LogP contribution in [0.1, 0.15) is 343 Å². The maximum atomic E-state index is 13.3. The van der Waals surface area contributed by atoms with E-state index in [-0.39, 0.29) is 11.8 Å². The van der Waals surface area contributed by atoms with Crippen LogP contribution in [-0.4, -0.2) is 31.5 Å². The van der Waals surface area contributed by atoms with Crippen molar-refractivity contribution in [1.82, 2.24) is 10.6 Å². The van der Waals surface area contributed by atoms with Gasteiger partial charge >= 0.3 is 0 Å². The third-order valence-corrected chi connectivity index (χ3v) is 14.1. The quantitative estimate of drug-likeness (QED) is 0.0640. The zero-order chi connectivity index (χ0) is 47.5. The highest BCUT2D eigenvalue weighted by Crippen LogP contribution is 2.23. The molecular formula is C61H114N2O3. The smallest absolute Gasteiger partial charge is 0.255 e. The van der Waals surface area contributed by atoms with Gasteiger partial charge in [0.25, 0.3) is 11.8 Å². The first-order chi connectivity index (χ1) is 32.6. The molecule has 66 heavy (non-hydrogen) atoms. The number of nitrogens with one attached hydrogen (secondary N) is 2. The number of unbranched alkanes of at least 4 members (excludes halogenated alkanes) is 44. The van der Waals surface area contributed by atoms with E-state index in [1.165, 1.54) is 263 Å². The van der Waals surface area contributed by atoms with E-state index in [1.807, 2.05) is 0 Å². The molecule has 0 unspecified atom stereocenters. The monoisotopic (exact) mass is 923 g/mol. The van der Waals surface area contributed by atoms with Gasteiger partial charge in [0.05, 0.1) is 12.2 Å². The van der Waals surface area contributed by atoms with Gasteiger partial charge in [0.15, 0.2) is 0 Å². The molecule has 5 nitrogen and oxygen atoms in total. The SMILES string of the molecule is CCCCCCCCCCCCCCCCCCCCCCCNC(=O)c1ccc(C(=O)NCCCCCCCCCCCCCCCCCCCCCCC)c(OCCCCCCC)c1. The Kier molecular flexibility index (Phi) is 47.7. The third-order valence-electron chi connectivity index (χ3n) is 14.1. The molecule has 0 spiro atoms. The molecule has 5 heteroatoms. The van der Waals surface area contributed by atoms with Crippen LogP contribution in [0.4, 0.5) is 0 Å². The molecule has 0 aliphatic carbocycles. The number of carbonyl (C=O) groups is 2. The van der Waals surface area contributed by atoms with Crippen molar-refractivity contribution in [2.45, 2.75) is 323 Å². The van der Waals surface area contributed by atoms with Crippen molar-refractivity contribution < 1.29 is 14.3 Å². The van der Waals surface area contributed by atoms with Gasteiger partial charge in [-0.3, -0.25) is 9.59 Å². The van der Waals surface area contributed by atoms with E-state index in [0.29, 0.717) is 36.6 Å². The van der Waals surface area contributed by atoms with Crippen LogP contribution in [0.3, 0.4) is 0 Å². The average molecular weight is 924 g/mol. The maximum absolute atomic E-state index is 13.3. The second-order valence-electron chi connectivity index (χ2n) is 20.6.